The van der Waals surface area contributed by atoms with Crippen LogP contribution in [0.1, 0.15) is 37.9 Å². The lowest BCUT2D eigenvalue weighted by molar-refractivity contribution is -0.116. The normalized spacial score (nSPS) is 11.9. The molecular formula is C40H34N4O3S. The largest absolute Gasteiger partial charge is 0.361 e. The van der Waals surface area contributed by atoms with Crippen LogP contribution in [0.2, 0.25) is 0 Å². The summed E-state index contributed by atoms with van der Waals surface area (Å²) in [5, 5.41) is 9.19. The van der Waals surface area contributed by atoms with E-state index in [1.54, 1.807) is 42.6 Å². The monoisotopic (exact) mass is 650 g/mol. The molecule has 0 saturated heterocycles. The Morgan fingerprint density at radius 3 is 2.19 bits per heavy atom. The number of aromatic amines is 1. The van der Waals surface area contributed by atoms with Gasteiger partial charge >= 0.3 is 0 Å². The van der Waals surface area contributed by atoms with E-state index in [0.717, 1.165) is 43.7 Å². The van der Waals surface area contributed by atoms with Gasteiger partial charge < -0.3 is 20.9 Å². The Bertz CT molecular complexity index is 2120. The van der Waals surface area contributed by atoms with E-state index in [2.05, 4.69) is 20.9 Å². The van der Waals surface area contributed by atoms with Crippen molar-refractivity contribution in [1.29, 1.82) is 0 Å². The molecule has 0 spiro atoms. The van der Waals surface area contributed by atoms with Gasteiger partial charge in [0.15, 0.2) is 0 Å². The molecule has 0 saturated carbocycles. The molecule has 1 atom stereocenters. The average Bonchev–Trinajstić information content (AvgIpc) is 3.52. The van der Waals surface area contributed by atoms with Crippen LogP contribution in [0.4, 0.5) is 11.4 Å². The van der Waals surface area contributed by atoms with E-state index in [4.69, 9.17) is 0 Å². The van der Waals surface area contributed by atoms with Crippen LogP contribution in [0.25, 0.3) is 17.0 Å². The maximum absolute atomic E-state index is 13.8. The van der Waals surface area contributed by atoms with E-state index in [1.165, 1.54) is 11.8 Å². The van der Waals surface area contributed by atoms with Gasteiger partial charge in [0.1, 0.15) is 10.9 Å². The van der Waals surface area contributed by atoms with Crippen LogP contribution >= 0.6 is 11.8 Å². The number of amides is 3. The molecule has 0 aliphatic rings. The number of rotatable bonds is 10. The molecule has 0 aliphatic heterocycles. The first-order valence-electron chi connectivity index (χ1n) is 15.5. The number of fused-ring (bicyclic) bond motifs is 1. The molecule has 6 rings (SSSR count). The van der Waals surface area contributed by atoms with E-state index in [-0.39, 0.29) is 11.6 Å². The molecule has 0 radical (unpaired) electrons. The number of para-hydroxylation sites is 1. The summed E-state index contributed by atoms with van der Waals surface area (Å²) in [5.41, 5.74) is 6.54. The maximum atomic E-state index is 13.8. The first-order valence-corrected chi connectivity index (χ1v) is 16.4. The van der Waals surface area contributed by atoms with Crippen LogP contribution in [0.15, 0.2) is 144 Å². The molecule has 1 aromatic heterocycles. The number of carbonyl (C=O) groups excluding carboxylic acids is 3. The molecule has 0 aliphatic carbocycles. The highest BCUT2D eigenvalue weighted by Gasteiger charge is 2.23. The lowest BCUT2D eigenvalue weighted by Gasteiger charge is -2.18. The summed E-state index contributed by atoms with van der Waals surface area (Å²) in [7, 11) is 0. The Morgan fingerprint density at radius 1 is 0.708 bits per heavy atom. The summed E-state index contributed by atoms with van der Waals surface area (Å²) in [6.07, 6.45) is 3.47. The summed E-state index contributed by atoms with van der Waals surface area (Å²) in [6, 6.07) is 39.3. The molecule has 6 aromatic rings. The van der Waals surface area contributed by atoms with Crippen molar-refractivity contribution in [3.63, 3.8) is 0 Å². The minimum absolute atomic E-state index is 0.0848. The summed E-state index contributed by atoms with van der Waals surface area (Å²) >= 11 is 1.39. The smallest absolute Gasteiger partial charge is 0.272 e. The maximum Gasteiger partial charge on any atom is 0.272 e. The minimum atomic E-state index is -0.554. The van der Waals surface area contributed by atoms with Crippen molar-refractivity contribution in [3.8, 4) is 0 Å². The highest BCUT2D eigenvalue weighted by atomic mass is 32.2. The second-order valence-electron chi connectivity index (χ2n) is 11.3. The van der Waals surface area contributed by atoms with Gasteiger partial charge in [-0.25, -0.2) is 0 Å². The average molecular weight is 651 g/mol. The first-order chi connectivity index (χ1) is 23.3. The third-order valence-corrected chi connectivity index (χ3v) is 9.16. The Hall–Kier alpha value is -5.86. The lowest BCUT2D eigenvalue weighted by Crippen LogP contribution is -2.30. The Balaban J connectivity index is 1.25. The van der Waals surface area contributed by atoms with E-state index in [1.807, 2.05) is 111 Å². The van der Waals surface area contributed by atoms with E-state index in [9.17, 15) is 14.4 Å². The van der Waals surface area contributed by atoms with Crippen LogP contribution in [-0.2, 0) is 9.59 Å². The van der Waals surface area contributed by atoms with Crippen molar-refractivity contribution in [1.82, 2.24) is 10.3 Å². The number of thioether (sulfide) groups is 1. The molecule has 4 N–H and O–H groups in total. The summed E-state index contributed by atoms with van der Waals surface area (Å²) < 4.78 is 0. The zero-order chi connectivity index (χ0) is 33.5. The Morgan fingerprint density at radius 2 is 1.42 bits per heavy atom. The quantitative estimate of drug-likeness (QED) is 0.0880. The summed E-state index contributed by atoms with van der Waals surface area (Å²) in [6.45, 7) is 4.05. The summed E-state index contributed by atoms with van der Waals surface area (Å²) in [5.74, 6) is -1.04. The van der Waals surface area contributed by atoms with Gasteiger partial charge in [0.05, 0.1) is 0 Å². The molecule has 238 valence electrons. The number of hydrogen-bond donors (Lipinski definition) is 4. The standard InChI is InChI=1S/C40H34N4O3S/c1-26-20-21-32(22-27(26)2)43-40(47)37(28-12-5-3-6-13-28)48-33-17-11-16-31(24-33)42-39(46)36(44-38(45)29-14-7-4-8-15-29)23-30-25-41-35-19-10-9-18-34(30)35/h3-25,37,41H,1-2H3,(H,42,46)(H,43,47)(H,44,45)/b36-23-. The number of aromatic nitrogens is 1. The van der Waals surface area contributed by atoms with Gasteiger partial charge in [-0.05, 0) is 85.1 Å². The fourth-order valence-electron chi connectivity index (χ4n) is 5.22. The van der Waals surface area contributed by atoms with E-state index >= 15 is 0 Å². The zero-order valence-corrected chi connectivity index (χ0v) is 27.3. The van der Waals surface area contributed by atoms with Gasteiger partial charge in [-0.2, -0.15) is 0 Å². The second kappa shape index (κ2) is 14.7. The zero-order valence-electron chi connectivity index (χ0n) is 26.5. The van der Waals surface area contributed by atoms with Gasteiger partial charge in [-0.3, -0.25) is 14.4 Å². The topological polar surface area (TPSA) is 103 Å². The number of anilines is 2. The molecule has 48 heavy (non-hydrogen) atoms. The van der Waals surface area contributed by atoms with Crippen molar-refractivity contribution >= 4 is 57.8 Å². The van der Waals surface area contributed by atoms with Crippen molar-refractivity contribution in [2.45, 2.75) is 24.0 Å². The number of hydrogen-bond acceptors (Lipinski definition) is 4. The highest BCUT2D eigenvalue weighted by molar-refractivity contribution is 8.00. The van der Waals surface area contributed by atoms with Gasteiger partial charge in [0.2, 0.25) is 5.91 Å². The van der Waals surface area contributed by atoms with Crippen molar-refractivity contribution < 1.29 is 14.4 Å². The second-order valence-corrected chi connectivity index (χ2v) is 12.5. The molecule has 5 aromatic carbocycles. The van der Waals surface area contributed by atoms with Crippen LogP contribution in [0.3, 0.4) is 0 Å². The van der Waals surface area contributed by atoms with Gasteiger partial charge in [-0.1, -0.05) is 78.9 Å². The number of nitrogens with one attached hydrogen (secondary N) is 4. The van der Waals surface area contributed by atoms with Gasteiger partial charge in [0.25, 0.3) is 11.8 Å². The third kappa shape index (κ3) is 7.74. The molecule has 7 nitrogen and oxygen atoms in total. The lowest BCUT2D eigenvalue weighted by atomic mass is 10.1. The molecular weight excluding hydrogens is 617 g/mol. The Kier molecular flexibility index (Phi) is 9.83. The van der Waals surface area contributed by atoms with Gasteiger partial charge in [0, 0.05) is 44.5 Å². The number of H-pyrrole nitrogens is 1. The summed E-state index contributed by atoms with van der Waals surface area (Å²) in [4.78, 5) is 44.6. The van der Waals surface area contributed by atoms with Crippen molar-refractivity contribution in [2.24, 2.45) is 0 Å². The number of aryl methyl sites for hydroxylation is 2. The molecule has 1 heterocycles. The third-order valence-electron chi connectivity index (χ3n) is 7.91. The first kappa shape index (κ1) is 32.1. The van der Waals surface area contributed by atoms with E-state index < -0.39 is 17.1 Å². The van der Waals surface area contributed by atoms with Gasteiger partial charge in [-0.15, -0.1) is 11.8 Å². The molecule has 8 heteroatoms. The fraction of sp³-hybridized carbons (Fsp3) is 0.0750. The molecule has 3 amide bonds. The van der Waals surface area contributed by atoms with Crippen LogP contribution < -0.4 is 16.0 Å². The SMILES string of the molecule is Cc1ccc(NC(=O)C(Sc2cccc(NC(=O)/C(=C/c3c[nH]c4ccccc34)NC(=O)c3ccccc3)c2)c2ccccc2)cc1C. The fourth-order valence-corrected chi connectivity index (χ4v) is 6.30. The predicted molar refractivity (Wildman–Crippen MR) is 195 cm³/mol. The van der Waals surface area contributed by atoms with Crippen molar-refractivity contribution in [2.75, 3.05) is 10.6 Å². The van der Waals surface area contributed by atoms with Crippen LogP contribution in [0.5, 0.6) is 0 Å². The van der Waals surface area contributed by atoms with E-state index in [0.29, 0.717) is 11.3 Å². The van der Waals surface area contributed by atoms with Crippen LogP contribution in [0, 0.1) is 13.8 Å². The molecule has 0 fully saturated rings. The Labute approximate surface area is 283 Å². The number of benzene rings is 5. The van der Waals surface area contributed by atoms with Crippen molar-refractivity contribution in [3.05, 3.63) is 167 Å². The number of carbonyl (C=O) groups is 3. The minimum Gasteiger partial charge on any atom is -0.361 e. The van der Waals surface area contributed by atoms with Crippen LogP contribution in [-0.4, -0.2) is 22.7 Å². The molecule has 0 bridgehead atoms. The highest BCUT2D eigenvalue weighted by Crippen LogP contribution is 2.37. The predicted octanol–water partition coefficient (Wildman–Crippen LogP) is 8.67. The molecule has 1 unspecified atom stereocenters.